The number of amides is 1. The van der Waals surface area contributed by atoms with Crippen molar-refractivity contribution in [2.45, 2.75) is 19.4 Å². The van der Waals surface area contributed by atoms with Crippen molar-refractivity contribution in [3.8, 4) is 0 Å². The van der Waals surface area contributed by atoms with Gasteiger partial charge < -0.3 is 10.4 Å². The lowest BCUT2D eigenvalue weighted by Crippen LogP contribution is -2.36. The van der Waals surface area contributed by atoms with E-state index in [1.165, 1.54) is 18.7 Å². The SMILES string of the molecule is CC[C@@H](CO)NC(=O)c1cncnc1. The molecule has 0 aromatic carbocycles. The molecule has 5 nitrogen and oxygen atoms in total. The van der Waals surface area contributed by atoms with E-state index in [1.54, 1.807) is 0 Å². The van der Waals surface area contributed by atoms with Crippen molar-refractivity contribution in [3.63, 3.8) is 0 Å². The van der Waals surface area contributed by atoms with Gasteiger partial charge in [0.05, 0.1) is 18.2 Å². The maximum atomic E-state index is 11.5. The smallest absolute Gasteiger partial charge is 0.254 e. The molecule has 1 atom stereocenters. The second-order valence-corrected chi connectivity index (χ2v) is 2.89. The highest BCUT2D eigenvalue weighted by Gasteiger charge is 2.10. The first-order valence-corrected chi connectivity index (χ1v) is 4.44. The molecule has 1 amide bonds. The Morgan fingerprint density at radius 2 is 2.21 bits per heavy atom. The molecule has 0 aliphatic carbocycles. The van der Waals surface area contributed by atoms with Gasteiger partial charge in [0.25, 0.3) is 5.91 Å². The van der Waals surface area contributed by atoms with Crippen LogP contribution >= 0.6 is 0 Å². The van der Waals surface area contributed by atoms with E-state index in [1.807, 2.05) is 6.92 Å². The third-order valence-corrected chi connectivity index (χ3v) is 1.87. The van der Waals surface area contributed by atoms with E-state index in [-0.39, 0.29) is 18.6 Å². The number of hydrogen-bond acceptors (Lipinski definition) is 4. The largest absolute Gasteiger partial charge is 0.394 e. The summed E-state index contributed by atoms with van der Waals surface area (Å²) in [6, 6.07) is -0.206. The molecule has 1 heterocycles. The average Bonchev–Trinajstić information content (AvgIpc) is 2.26. The van der Waals surface area contributed by atoms with Gasteiger partial charge in [0.15, 0.2) is 0 Å². The molecule has 0 saturated heterocycles. The van der Waals surface area contributed by atoms with Crippen LogP contribution in [0.2, 0.25) is 0 Å². The Hall–Kier alpha value is -1.49. The number of nitrogens with one attached hydrogen (secondary N) is 1. The van der Waals surface area contributed by atoms with Crippen molar-refractivity contribution in [2.24, 2.45) is 0 Å². The lowest BCUT2D eigenvalue weighted by atomic mass is 10.2. The van der Waals surface area contributed by atoms with Gasteiger partial charge in [0, 0.05) is 12.4 Å². The Labute approximate surface area is 82.2 Å². The molecule has 0 unspecified atom stereocenters. The average molecular weight is 195 g/mol. The van der Waals surface area contributed by atoms with Gasteiger partial charge in [-0.3, -0.25) is 4.79 Å². The summed E-state index contributed by atoms with van der Waals surface area (Å²) >= 11 is 0. The van der Waals surface area contributed by atoms with Crippen LogP contribution in [0.3, 0.4) is 0 Å². The zero-order chi connectivity index (χ0) is 10.4. The van der Waals surface area contributed by atoms with E-state index in [0.29, 0.717) is 12.0 Å². The summed E-state index contributed by atoms with van der Waals surface area (Å²) < 4.78 is 0. The van der Waals surface area contributed by atoms with Crippen LogP contribution in [0, 0.1) is 0 Å². The molecule has 1 rings (SSSR count). The fourth-order valence-electron chi connectivity index (χ4n) is 0.962. The van der Waals surface area contributed by atoms with E-state index in [0.717, 1.165) is 0 Å². The van der Waals surface area contributed by atoms with E-state index < -0.39 is 0 Å². The number of carbonyl (C=O) groups excluding carboxylic acids is 1. The summed E-state index contributed by atoms with van der Waals surface area (Å²) in [5.74, 6) is -0.258. The first-order chi connectivity index (χ1) is 6.77. The fraction of sp³-hybridized carbons (Fsp3) is 0.444. The molecular weight excluding hydrogens is 182 g/mol. The second-order valence-electron chi connectivity index (χ2n) is 2.89. The molecule has 14 heavy (non-hydrogen) atoms. The van der Waals surface area contributed by atoms with Gasteiger partial charge in [-0.15, -0.1) is 0 Å². The minimum absolute atomic E-state index is 0.0596. The Kier molecular flexibility index (Phi) is 4.00. The number of aliphatic hydroxyl groups is 1. The molecule has 76 valence electrons. The van der Waals surface area contributed by atoms with Gasteiger partial charge in [-0.05, 0) is 6.42 Å². The Bertz CT molecular complexity index is 285. The molecule has 0 fully saturated rings. The monoisotopic (exact) mass is 195 g/mol. The minimum Gasteiger partial charge on any atom is -0.394 e. The topological polar surface area (TPSA) is 75.1 Å². The molecule has 0 radical (unpaired) electrons. The van der Waals surface area contributed by atoms with E-state index in [4.69, 9.17) is 5.11 Å². The summed E-state index contributed by atoms with van der Waals surface area (Å²) in [5.41, 5.74) is 0.402. The third kappa shape index (κ3) is 2.77. The molecule has 5 heteroatoms. The Morgan fingerprint density at radius 1 is 1.57 bits per heavy atom. The highest BCUT2D eigenvalue weighted by Crippen LogP contribution is 1.96. The summed E-state index contributed by atoms with van der Waals surface area (Å²) in [6.45, 7) is 1.83. The first-order valence-electron chi connectivity index (χ1n) is 4.44. The summed E-state index contributed by atoms with van der Waals surface area (Å²) in [5, 5.41) is 11.5. The zero-order valence-electron chi connectivity index (χ0n) is 7.97. The van der Waals surface area contributed by atoms with Gasteiger partial charge in [-0.25, -0.2) is 9.97 Å². The van der Waals surface area contributed by atoms with E-state index >= 15 is 0 Å². The van der Waals surface area contributed by atoms with E-state index in [2.05, 4.69) is 15.3 Å². The van der Waals surface area contributed by atoms with Gasteiger partial charge in [0.2, 0.25) is 0 Å². The van der Waals surface area contributed by atoms with Crippen LogP contribution in [-0.2, 0) is 0 Å². The van der Waals surface area contributed by atoms with Crippen LogP contribution in [0.5, 0.6) is 0 Å². The van der Waals surface area contributed by atoms with Crippen molar-refractivity contribution >= 4 is 5.91 Å². The molecule has 1 aromatic heterocycles. The lowest BCUT2D eigenvalue weighted by molar-refractivity contribution is 0.0914. The number of rotatable bonds is 4. The van der Waals surface area contributed by atoms with Crippen molar-refractivity contribution in [1.29, 1.82) is 0 Å². The molecule has 0 aliphatic rings. The number of nitrogens with zero attached hydrogens (tertiary/aromatic N) is 2. The van der Waals surface area contributed by atoms with Crippen LogP contribution in [0.15, 0.2) is 18.7 Å². The predicted octanol–water partition coefficient (Wildman–Crippen LogP) is -0.0227. The molecule has 0 saturated carbocycles. The standard InChI is InChI=1S/C9H13N3O2/c1-2-8(5-13)12-9(14)7-3-10-6-11-4-7/h3-4,6,8,13H,2,5H2,1H3,(H,12,14)/t8-/m0/s1. The number of hydrogen-bond donors (Lipinski definition) is 2. The Morgan fingerprint density at radius 3 is 2.71 bits per heavy atom. The maximum absolute atomic E-state index is 11.5. The molecular formula is C9H13N3O2. The first kappa shape index (κ1) is 10.6. The van der Waals surface area contributed by atoms with E-state index in [9.17, 15) is 4.79 Å². The van der Waals surface area contributed by atoms with Crippen LogP contribution < -0.4 is 5.32 Å². The minimum atomic E-state index is -0.258. The van der Waals surface area contributed by atoms with Crippen molar-refractivity contribution in [3.05, 3.63) is 24.3 Å². The third-order valence-electron chi connectivity index (χ3n) is 1.87. The van der Waals surface area contributed by atoms with Gasteiger partial charge in [0.1, 0.15) is 6.33 Å². The molecule has 0 bridgehead atoms. The summed E-state index contributed by atoms with van der Waals surface area (Å²) in [4.78, 5) is 18.9. The summed E-state index contributed by atoms with van der Waals surface area (Å²) in [6.07, 6.45) is 4.93. The number of aliphatic hydroxyl groups excluding tert-OH is 1. The number of aromatic nitrogens is 2. The van der Waals surface area contributed by atoms with Crippen LogP contribution in [0.25, 0.3) is 0 Å². The highest BCUT2D eigenvalue weighted by atomic mass is 16.3. The molecule has 2 N–H and O–H groups in total. The fourth-order valence-corrected chi connectivity index (χ4v) is 0.962. The quantitative estimate of drug-likeness (QED) is 0.707. The van der Waals surface area contributed by atoms with Crippen LogP contribution in [0.1, 0.15) is 23.7 Å². The number of carbonyl (C=O) groups is 1. The highest BCUT2D eigenvalue weighted by molar-refractivity contribution is 5.93. The van der Waals surface area contributed by atoms with Crippen LogP contribution in [-0.4, -0.2) is 33.6 Å². The van der Waals surface area contributed by atoms with Crippen molar-refractivity contribution < 1.29 is 9.90 Å². The zero-order valence-corrected chi connectivity index (χ0v) is 7.97. The maximum Gasteiger partial charge on any atom is 0.254 e. The molecule has 1 aromatic rings. The van der Waals surface area contributed by atoms with Gasteiger partial charge in [-0.2, -0.15) is 0 Å². The second kappa shape index (κ2) is 5.29. The molecule has 0 spiro atoms. The van der Waals surface area contributed by atoms with Crippen molar-refractivity contribution in [2.75, 3.05) is 6.61 Å². The van der Waals surface area contributed by atoms with Crippen molar-refractivity contribution in [1.82, 2.24) is 15.3 Å². The van der Waals surface area contributed by atoms with Gasteiger partial charge >= 0.3 is 0 Å². The van der Waals surface area contributed by atoms with Gasteiger partial charge in [-0.1, -0.05) is 6.92 Å². The lowest BCUT2D eigenvalue weighted by Gasteiger charge is -2.13. The normalized spacial score (nSPS) is 12.1. The predicted molar refractivity (Wildman–Crippen MR) is 50.7 cm³/mol. The van der Waals surface area contributed by atoms with Crippen LogP contribution in [0.4, 0.5) is 0 Å². The summed E-state index contributed by atoms with van der Waals surface area (Å²) in [7, 11) is 0. The Balaban J connectivity index is 2.59. The molecule has 0 aliphatic heterocycles.